The fourth-order valence-corrected chi connectivity index (χ4v) is 4.37. The van der Waals surface area contributed by atoms with E-state index in [0.717, 1.165) is 35.9 Å². The molecule has 1 aliphatic heterocycles. The summed E-state index contributed by atoms with van der Waals surface area (Å²) in [4.78, 5) is 2.34. The van der Waals surface area contributed by atoms with Crippen LogP contribution in [0.4, 0.5) is 0 Å². The van der Waals surface area contributed by atoms with Crippen molar-refractivity contribution in [2.75, 3.05) is 37.8 Å². The van der Waals surface area contributed by atoms with Gasteiger partial charge in [-0.15, -0.1) is 0 Å². The lowest BCUT2D eigenvalue weighted by Crippen LogP contribution is -2.42. The van der Waals surface area contributed by atoms with E-state index in [1.165, 1.54) is 0 Å². The van der Waals surface area contributed by atoms with E-state index < -0.39 is 10.8 Å². The number of aryl methyl sites for hydroxylation is 1. The highest BCUT2D eigenvalue weighted by Gasteiger charge is 2.28. The molecule has 1 saturated heterocycles. The summed E-state index contributed by atoms with van der Waals surface area (Å²) >= 11 is 0. The molecule has 25 heavy (non-hydrogen) atoms. The summed E-state index contributed by atoms with van der Waals surface area (Å²) in [5, 5.41) is 4.25. The Morgan fingerprint density at radius 3 is 2.60 bits per heavy atom. The Morgan fingerprint density at radius 2 is 1.96 bits per heavy atom. The molecule has 2 heterocycles. The second-order valence-corrected chi connectivity index (χ2v) is 7.68. The summed E-state index contributed by atoms with van der Waals surface area (Å²) in [6.45, 7) is 4.83. The van der Waals surface area contributed by atoms with Crippen LogP contribution in [0.1, 0.15) is 18.5 Å². The lowest BCUT2D eigenvalue weighted by atomic mass is 10.1. The molecule has 2 aromatic rings. The quantitative estimate of drug-likeness (QED) is 0.753. The molecule has 7 heteroatoms. The number of benzene rings is 1. The molecule has 0 aliphatic carbocycles. The smallest absolute Gasteiger partial charge is 0.119 e. The molecule has 1 fully saturated rings. The molecule has 1 aromatic carbocycles. The molecule has 1 aliphatic rings. The second-order valence-electron chi connectivity index (χ2n) is 6.06. The molecule has 3 rings (SSSR count). The van der Waals surface area contributed by atoms with E-state index in [1.54, 1.807) is 4.68 Å². The van der Waals surface area contributed by atoms with Gasteiger partial charge in [-0.25, -0.2) is 0 Å². The summed E-state index contributed by atoms with van der Waals surface area (Å²) in [6, 6.07) is 7.83. The van der Waals surface area contributed by atoms with Crippen LogP contribution < -0.4 is 9.47 Å². The average molecular weight is 363 g/mol. The molecule has 2 atom stereocenters. The normalized spacial score (nSPS) is 21.2. The van der Waals surface area contributed by atoms with Gasteiger partial charge in [0.05, 0.1) is 12.8 Å². The number of hydrogen-bond acceptors (Lipinski definition) is 5. The topological polar surface area (TPSA) is 56.6 Å². The molecule has 0 spiro atoms. The lowest BCUT2D eigenvalue weighted by Gasteiger charge is -2.34. The van der Waals surface area contributed by atoms with Crippen LogP contribution >= 0.6 is 0 Å². The van der Waals surface area contributed by atoms with Crippen molar-refractivity contribution >= 4 is 10.8 Å². The Labute approximate surface area is 151 Å². The Kier molecular flexibility index (Phi) is 6.09. The van der Waals surface area contributed by atoms with Crippen LogP contribution in [-0.4, -0.2) is 56.7 Å². The molecule has 0 N–H and O–H groups in total. The van der Waals surface area contributed by atoms with Crippen molar-refractivity contribution < 1.29 is 13.7 Å². The molecular formula is C18H25N3O3S. The minimum Gasteiger partial charge on any atom is -0.494 e. The number of hydrogen-bond donors (Lipinski definition) is 0. The summed E-state index contributed by atoms with van der Waals surface area (Å²) in [5.41, 5.74) is 1.12. The van der Waals surface area contributed by atoms with Gasteiger partial charge in [0.2, 0.25) is 0 Å². The van der Waals surface area contributed by atoms with Crippen LogP contribution in [0.2, 0.25) is 0 Å². The maximum atomic E-state index is 12.0. The van der Waals surface area contributed by atoms with Gasteiger partial charge in [0.15, 0.2) is 0 Å². The zero-order chi connectivity index (χ0) is 17.6. The summed E-state index contributed by atoms with van der Waals surface area (Å²) in [6.07, 6.45) is 3.88. The molecular weight excluding hydrogens is 338 g/mol. The second kappa shape index (κ2) is 8.49. The zero-order valence-electron chi connectivity index (χ0n) is 14.8. The third-order valence-corrected chi connectivity index (χ3v) is 5.61. The van der Waals surface area contributed by atoms with Crippen LogP contribution in [0.5, 0.6) is 11.5 Å². The Balaban J connectivity index is 1.56. The first-order valence-corrected chi connectivity index (χ1v) is 10.1. The first-order chi connectivity index (χ1) is 12.2. The van der Waals surface area contributed by atoms with Gasteiger partial charge in [-0.05, 0) is 31.2 Å². The molecule has 136 valence electrons. The van der Waals surface area contributed by atoms with Crippen LogP contribution in [-0.2, 0) is 17.8 Å². The average Bonchev–Trinajstić information content (AvgIpc) is 3.04. The van der Waals surface area contributed by atoms with Crippen LogP contribution in [0.3, 0.4) is 0 Å². The zero-order valence-corrected chi connectivity index (χ0v) is 15.6. The molecule has 0 bridgehead atoms. The van der Waals surface area contributed by atoms with E-state index in [-0.39, 0.29) is 6.04 Å². The van der Waals surface area contributed by atoms with Gasteiger partial charge < -0.3 is 9.47 Å². The number of aromatic nitrogens is 2. The van der Waals surface area contributed by atoms with Crippen molar-refractivity contribution in [2.24, 2.45) is 7.05 Å². The summed E-state index contributed by atoms with van der Waals surface area (Å²) in [5.74, 6) is 3.07. The highest BCUT2D eigenvalue weighted by atomic mass is 32.2. The minimum atomic E-state index is -0.762. The Morgan fingerprint density at radius 1 is 1.24 bits per heavy atom. The SMILES string of the molecule is CCOc1ccc(OCCN2CC[S@@](=O)C[C@@H]2c2cnn(C)c2)cc1. The van der Waals surface area contributed by atoms with E-state index in [4.69, 9.17) is 9.47 Å². The van der Waals surface area contributed by atoms with Gasteiger partial charge >= 0.3 is 0 Å². The summed E-state index contributed by atoms with van der Waals surface area (Å²) < 4.78 is 25.1. The van der Waals surface area contributed by atoms with Gasteiger partial charge in [-0.1, -0.05) is 0 Å². The third-order valence-electron chi connectivity index (χ3n) is 4.28. The van der Waals surface area contributed by atoms with Crippen molar-refractivity contribution in [2.45, 2.75) is 13.0 Å². The van der Waals surface area contributed by atoms with E-state index in [9.17, 15) is 4.21 Å². The monoisotopic (exact) mass is 363 g/mol. The minimum absolute atomic E-state index is 0.146. The standard InChI is InChI=1S/C18H25N3O3S/c1-3-23-16-4-6-17(7-5-16)24-10-8-21-9-11-25(22)14-18(21)15-12-19-20(2)13-15/h4-7,12-13,18H,3,8-11,14H2,1-2H3/t18-,25-/m1/s1. The molecule has 0 unspecified atom stereocenters. The van der Waals surface area contributed by atoms with Crippen molar-refractivity contribution in [3.05, 3.63) is 42.2 Å². The van der Waals surface area contributed by atoms with Gasteiger partial charge in [0, 0.05) is 60.2 Å². The highest BCUT2D eigenvalue weighted by molar-refractivity contribution is 7.85. The number of ether oxygens (including phenoxy) is 2. The fraction of sp³-hybridized carbons (Fsp3) is 0.500. The van der Waals surface area contributed by atoms with Gasteiger partial charge in [0.1, 0.15) is 18.1 Å². The first-order valence-electron chi connectivity index (χ1n) is 8.59. The maximum Gasteiger partial charge on any atom is 0.119 e. The van der Waals surface area contributed by atoms with Crippen molar-refractivity contribution in [1.29, 1.82) is 0 Å². The van der Waals surface area contributed by atoms with Crippen LogP contribution in [0, 0.1) is 0 Å². The highest BCUT2D eigenvalue weighted by Crippen LogP contribution is 2.25. The predicted octanol–water partition coefficient (Wildman–Crippen LogP) is 2.00. The largest absolute Gasteiger partial charge is 0.494 e. The molecule has 0 saturated carbocycles. The van der Waals surface area contributed by atoms with Crippen LogP contribution in [0.15, 0.2) is 36.7 Å². The van der Waals surface area contributed by atoms with E-state index in [2.05, 4.69) is 10.00 Å². The number of nitrogens with zero attached hydrogens (tertiary/aromatic N) is 3. The third kappa shape index (κ3) is 4.83. The molecule has 1 aromatic heterocycles. The molecule has 0 radical (unpaired) electrons. The lowest BCUT2D eigenvalue weighted by molar-refractivity contribution is 0.173. The predicted molar refractivity (Wildman–Crippen MR) is 98.5 cm³/mol. The van der Waals surface area contributed by atoms with E-state index >= 15 is 0 Å². The van der Waals surface area contributed by atoms with E-state index in [0.29, 0.717) is 19.0 Å². The van der Waals surface area contributed by atoms with Crippen molar-refractivity contribution in [3.63, 3.8) is 0 Å². The van der Waals surface area contributed by atoms with Crippen molar-refractivity contribution in [3.8, 4) is 11.5 Å². The van der Waals surface area contributed by atoms with E-state index in [1.807, 2.05) is 50.6 Å². The molecule has 6 nitrogen and oxygen atoms in total. The van der Waals surface area contributed by atoms with Gasteiger partial charge in [-0.3, -0.25) is 13.8 Å². The first kappa shape index (κ1) is 17.9. The Bertz CT molecular complexity index is 702. The number of rotatable bonds is 7. The van der Waals surface area contributed by atoms with Crippen LogP contribution in [0.25, 0.3) is 0 Å². The van der Waals surface area contributed by atoms with Crippen molar-refractivity contribution in [1.82, 2.24) is 14.7 Å². The van der Waals surface area contributed by atoms with Gasteiger partial charge in [0.25, 0.3) is 0 Å². The summed E-state index contributed by atoms with van der Waals surface area (Å²) in [7, 11) is 1.14. The fourth-order valence-electron chi connectivity index (χ4n) is 3.01. The van der Waals surface area contributed by atoms with Gasteiger partial charge in [-0.2, -0.15) is 5.10 Å². The Hall–Kier alpha value is -1.86. The maximum absolute atomic E-state index is 12.0. The molecule has 0 amide bonds.